The van der Waals surface area contributed by atoms with Gasteiger partial charge in [0.1, 0.15) is 0 Å². The van der Waals surface area contributed by atoms with Crippen molar-refractivity contribution in [1.29, 1.82) is 0 Å². The van der Waals surface area contributed by atoms with Crippen molar-refractivity contribution in [1.82, 2.24) is 0 Å². The van der Waals surface area contributed by atoms with E-state index in [1.165, 1.54) is 14.0 Å². The summed E-state index contributed by atoms with van der Waals surface area (Å²) < 4.78 is 10.2. The molecule has 0 aromatic heterocycles. The standard InChI is InChI=1S/C13H18O6/c1-7-8(2)19-9(5-6-10(14)15)13(3,11(7)16)12(17)18-4/h8-9H,1,5-6H2,2-4H3,(H,14,15)/t8-,9+,13-/m1/s1. The van der Waals surface area contributed by atoms with Crippen LogP contribution in [-0.2, 0) is 23.9 Å². The number of carbonyl (C=O) groups excluding carboxylic acids is 2. The lowest BCUT2D eigenvalue weighted by Gasteiger charge is -2.41. The van der Waals surface area contributed by atoms with Crippen molar-refractivity contribution in [2.24, 2.45) is 5.41 Å². The van der Waals surface area contributed by atoms with E-state index in [0.717, 1.165) is 0 Å². The molecule has 1 aliphatic heterocycles. The van der Waals surface area contributed by atoms with Gasteiger partial charge in [-0.3, -0.25) is 14.4 Å². The largest absolute Gasteiger partial charge is 0.481 e. The molecule has 3 atom stereocenters. The Hall–Kier alpha value is -1.69. The highest BCUT2D eigenvalue weighted by atomic mass is 16.5. The van der Waals surface area contributed by atoms with Crippen molar-refractivity contribution in [3.8, 4) is 0 Å². The maximum atomic E-state index is 12.3. The molecule has 0 aromatic rings. The van der Waals surface area contributed by atoms with E-state index in [9.17, 15) is 14.4 Å². The van der Waals surface area contributed by atoms with Gasteiger partial charge in [0.25, 0.3) is 0 Å². The summed E-state index contributed by atoms with van der Waals surface area (Å²) >= 11 is 0. The number of carbonyl (C=O) groups is 3. The first kappa shape index (κ1) is 15.4. The summed E-state index contributed by atoms with van der Waals surface area (Å²) in [5.41, 5.74) is -1.34. The van der Waals surface area contributed by atoms with Gasteiger partial charge in [0.2, 0.25) is 0 Å². The fourth-order valence-corrected chi connectivity index (χ4v) is 2.18. The molecule has 6 heteroatoms. The number of esters is 1. The van der Waals surface area contributed by atoms with Crippen molar-refractivity contribution in [3.63, 3.8) is 0 Å². The summed E-state index contributed by atoms with van der Waals surface area (Å²) in [6, 6.07) is 0. The maximum absolute atomic E-state index is 12.3. The first-order valence-corrected chi connectivity index (χ1v) is 5.94. The Labute approximate surface area is 111 Å². The van der Waals surface area contributed by atoms with E-state index in [1.54, 1.807) is 6.92 Å². The van der Waals surface area contributed by atoms with Crippen molar-refractivity contribution in [2.45, 2.75) is 38.9 Å². The van der Waals surface area contributed by atoms with Gasteiger partial charge in [-0.25, -0.2) is 0 Å². The first-order chi connectivity index (χ1) is 8.75. The average molecular weight is 270 g/mol. The highest BCUT2D eigenvalue weighted by Crippen LogP contribution is 2.38. The smallest absolute Gasteiger partial charge is 0.322 e. The zero-order valence-corrected chi connectivity index (χ0v) is 11.3. The third kappa shape index (κ3) is 2.68. The van der Waals surface area contributed by atoms with E-state index in [4.69, 9.17) is 9.84 Å². The predicted octanol–water partition coefficient (Wildman–Crippen LogP) is 0.943. The molecule has 0 aromatic carbocycles. The Bertz CT molecular complexity index is 427. The summed E-state index contributed by atoms with van der Waals surface area (Å²) in [6.45, 7) is 6.67. The minimum atomic E-state index is -1.53. The monoisotopic (exact) mass is 270 g/mol. The van der Waals surface area contributed by atoms with Gasteiger partial charge in [0.05, 0.1) is 19.3 Å². The third-order valence-corrected chi connectivity index (χ3v) is 3.50. The molecule has 0 radical (unpaired) electrons. The molecule has 1 heterocycles. The Morgan fingerprint density at radius 1 is 1.53 bits per heavy atom. The summed E-state index contributed by atoms with van der Waals surface area (Å²) in [4.78, 5) is 34.8. The molecule has 1 N–H and O–H groups in total. The Kier molecular flexibility index (Phi) is 4.47. The molecule has 1 aliphatic rings. The maximum Gasteiger partial charge on any atom is 0.322 e. The Morgan fingerprint density at radius 3 is 2.58 bits per heavy atom. The quantitative estimate of drug-likeness (QED) is 0.464. The van der Waals surface area contributed by atoms with Crippen LogP contribution in [0.4, 0.5) is 0 Å². The Balaban J connectivity index is 3.08. The lowest BCUT2D eigenvalue weighted by Crippen LogP contribution is -2.55. The molecule has 106 valence electrons. The molecule has 0 bridgehead atoms. The molecular formula is C13H18O6. The van der Waals surface area contributed by atoms with Crippen LogP contribution >= 0.6 is 0 Å². The van der Waals surface area contributed by atoms with E-state index in [2.05, 4.69) is 11.3 Å². The summed E-state index contributed by atoms with van der Waals surface area (Å²) in [5, 5.41) is 8.72. The summed E-state index contributed by atoms with van der Waals surface area (Å²) in [7, 11) is 1.18. The van der Waals surface area contributed by atoms with E-state index in [0.29, 0.717) is 0 Å². The highest BCUT2D eigenvalue weighted by Gasteiger charge is 2.54. The second kappa shape index (κ2) is 5.52. The zero-order valence-electron chi connectivity index (χ0n) is 11.3. The number of Topliss-reactive ketones (excluding diaryl/α,β-unsaturated/α-hetero) is 1. The number of hydrogen-bond donors (Lipinski definition) is 1. The van der Waals surface area contributed by atoms with E-state index < -0.39 is 35.3 Å². The molecule has 1 fully saturated rings. The van der Waals surface area contributed by atoms with Crippen LogP contribution in [0.1, 0.15) is 26.7 Å². The lowest BCUT2D eigenvalue weighted by molar-refractivity contribution is -0.176. The van der Waals surface area contributed by atoms with Crippen molar-refractivity contribution in [3.05, 3.63) is 12.2 Å². The van der Waals surface area contributed by atoms with Crippen molar-refractivity contribution in [2.75, 3.05) is 7.11 Å². The van der Waals surface area contributed by atoms with E-state index in [-0.39, 0.29) is 18.4 Å². The van der Waals surface area contributed by atoms with Gasteiger partial charge >= 0.3 is 11.9 Å². The highest BCUT2D eigenvalue weighted by molar-refractivity contribution is 6.13. The van der Waals surface area contributed by atoms with Crippen LogP contribution in [0.25, 0.3) is 0 Å². The van der Waals surface area contributed by atoms with Crippen LogP contribution in [0.2, 0.25) is 0 Å². The van der Waals surface area contributed by atoms with Crippen LogP contribution in [0, 0.1) is 5.41 Å². The fourth-order valence-electron chi connectivity index (χ4n) is 2.18. The van der Waals surface area contributed by atoms with E-state index >= 15 is 0 Å². The normalized spacial score (nSPS) is 31.1. The zero-order chi connectivity index (χ0) is 14.8. The molecule has 6 nitrogen and oxygen atoms in total. The molecule has 0 spiro atoms. The summed E-state index contributed by atoms with van der Waals surface area (Å²) in [6.07, 6.45) is -1.50. The summed E-state index contributed by atoms with van der Waals surface area (Å²) in [5.74, 6) is -2.20. The van der Waals surface area contributed by atoms with Gasteiger partial charge in [-0.2, -0.15) is 0 Å². The van der Waals surface area contributed by atoms with Gasteiger partial charge in [0.15, 0.2) is 11.2 Å². The van der Waals surface area contributed by atoms with Crippen LogP contribution in [-0.4, -0.2) is 42.1 Å². The molecule has 1 rings (SSSR count). The number of ether oxygens (including phenoxy) is 2. The first-order valence-electron chi connectivity index (χ1n) is 5.94. The lowest BCUT2D eigenvalue weighted by atomic mass is 9.72. The number of rotatable bonds is 4. The molecule has 0 unspecified atom stereocenters. The SMILES string of the molecule is C=C1C(=O)[C@](C)(C(=O)OC)[C@H](CCC(=O)O)O[C@@H]1C. The van der Waals surface area contributed by atoms with Crippen LogP contribution < -0.4 is 0 Å². The number of hydrogen-bond acceptors (Lipinski definition) is 5. The Morgan fingerprint density at radius 2 is 2.11 bits per heavy atom. The molecule has 0 amide bonds. The number of methoxy groups -OCH3 is 1. The average Bonchev–Trinajstić information content (AvgIpc) is 2.37. The predicted molar refractivity (Wildman–Crippen MR) is 65.5 cm³/mol. The van der Waals surface area contributed by atoms with Crippen molar-refractivity contribution >= 4 is 17.7 Å². The van der Waals surface area contributed by atoms with Crippen LogP contribution in [0.3, 0.4) is 0 Å². The molecule has 0 saturated carbocycles. The molecule has 19 heavy (non-hydrogen) atoms. The van der Waals surface area contributed by atoms with Gasteiger partial charge in [-0.15, -0.1) is 0 Å². The third-order valence-electron chi connectivity index (χ3n) is 3.50. The minimum absolute atomic E-state index is 0.0598. The number of aliphatic carboxylic acids is 1. The number of carboxylic acid groups (broad SMARTS) is 1. The van der Waals surface area contributed by atoms with Crippen LogP contribution in [0.15, 0.2) is 12.2 Å². The fraction of sp³-hybridized carbons (Fsp3) is 0.615. The topological polar surface area (TPSA) is 89.9 Å². The molecular weight excluding hydrogens is 252 g/mol. The molecule has 0 aliphatic carbocycles. The van der Waals surface area contributed by atoms with Gasteiger partial charge in [-0.1, -0.05) is 6.58 Å². The van der Waals surface area contributed by atoms with Crippen molar-refractivity contribution < 1.29 is 29.0 Å². The minimum Gasteiger partial charge on any atom is -0.481 e. The number of carboxylic acids is 1. The molecule has 1 saturated heterocycles. The second-order valence-electron chi connectivity index (χ2n) is 4.75. The van der Waals surface area contributed by atoms with Gasteiger partial charge in [0, 0.05) is 12.0 Å². The second-order valence-corrected chi connectivity index (χ2v) is 4.75. The van der Waals surface area contributed by atoms with Gasteiger partial charge < -0.3 is 14.6 Å². The van der Waals surface area contributed by atoms with Gasteiger partial charge in [-0.05, 0) is 20.3 Å². The number of ketones is 1. The van der Waals surface area contributed by atoms with Crippen LogP contribution in [0.5, 0.6) is 0 Å². The van der Waals surface area contributed by atoms with E-state index in [1.807, 2.05) is 0 Å².